The van der Waals surface area contributed by atoms with Gasteiger partial charge in [-0.05, 0) is 43.5 Å². The van der Waals surface area contributed by atoms with Gasteiger partial charge in [0.1, 0.15) is 5.82 Å². The summed E-state index contributed by atoms with van der Waals surface area (Å²) < 4.78 is 49.0. The third-order valence-corrected chi connectivity index (χ3v) is 5.86. The Bertz CT molecular complexity index is 963. The minimum absolute atomic E-state index is 0.0511. The number of halogens is 4. The zero-order valence-electron chi connectivity index (χ0n) is 18.0. The number of methoxy groups -OCH3 is 2. The van der Waals surface area contributed by atoms with Crippen molar-refractivity contribution >= 4 is 23.3 Å². The molecule has 1 fully saturated rings. The molecule has 1 unspecified atom stereocenters. The SMILES string of the molecule is COc1ccc(C(C)NC(=O)C2CCN(c3ncc(C(F)(F)F)cc3Cl)CC2)cc1OC. The number of hydrogen-bond acceptors (Lipinski definition) is 5. The first kappa shape index (κ1) is 24.0. The topological polar surface area (TPSA) is 63.7 Å². The Hall–Kier alpha value is -2.68. The van der Waals surface area contributed by atoms with E-state index in [1.165, 1.54) is 0 Å². The van der Waals surface area contributed by atoms with E-state index in [0.29, 0.717) is 43.2 Å². The number of hydrogen-bond donors (Lipinski definition) is 1. The van der Waals surface area contributed by atoms with Crippen LogP contribution in [0.3, 0.4) is 0 Å². The smallest absolute Gasteiger partial charge is 0.417 e. The highest BCUT2D eigenvalue weighted by Gasteiger charge is 2.33. The average Bonchev–Trinajstić information content (AvgIpc) is 2.77. The zero-order valence-corrected chi connectivity index (χ0v) is 18.8. The third-order valence-electron chi connectivity index (χ3n) is 5.58. The first-order valence-electron chi connectivity index (χ1n) is 10.1. The van der Waals surface area contributed by atoms with Gasteiger partial charge in [-0.3, -0.25) is 4.79 Å². The lowest BCUT2D eigenvalue weighted by molar-refractivity contribution is -0.137. The number of carbonyl (C=O) groups excluding carboxylic acids is 1. The molecule has 1 aromatic carbocycles. The van der Waals surface area contributed by atoms with Crippen LogP contribution in [0.15, 0.2) is 30.5 Å². The van der Waals surface area contributed by atoms with Crippen LogP contribution < -0.4 is 19.7 Å². The molecule has 0 aliphatic carbocycles. The molecule has 1 N–H and O–H groups in total. The molecule has 1 atom stereocenters. The van der Waals surface area contributed by atoms with Crippen LogP contribution in [0.5, 0.6) is 11.5 Å². The maximum atomic E-state index is 12.8. The molecule has 3 rings (SSSR count). The number of pyridine rings is 1. The summed E-state index contributed by atoms with van der Waals surface area (Å²) in [6, 6.07) is 6.13. The molecule has 6 nitrogen and oxygen atoms in total. The molecule has 0 spiro atoms. The summed E-state index contributed by atoms with van der Waals surface area (Å²) in [5.74, 6) is 1.22. The van der Waals surface area contributed by atoms with Crippen LogP contribution in [-0.4, -0.2) is 38.2 Å². The molecule has 0 radical (unpaired) electrons. The van der Waals surface area contributed by atoms with E-state index in [4.69, 9.17) is 21.1 Å². The van der Waals surface area contributed by atoms with E-state index >= 15 is 0 Å². The Morgan fingerprint density at radius 2 is 1.84 bits per heavy atom. The van der Waals surface area contributed by atoms with Gasteiger partial charge in [0.25, 0.3) is 0 Å². The Kier molecular flexibility index (Phi) is 7.38. The van der Waals surface area contributed by atoms with Gasteiger partial charge in [-0.25, -0.2) is 4.98 Å². The van der Waals surface area contributed by atoms with E-state index in [1.807, 2.05) is 24.0 Å². The summed E-state index contributed by atoms with van der Waals surface area (Å²) in [6.45, 7) is 2.84. The number of rotatable bonds is 6. The van der Waals surface area contributed by atoms with Crippen molar-refractivity contribution in [2.75, 3.05) is 32.2 Å². The van der Waals surface area contributed by atoms with Crippen molar-refractivity contribution in [1.82, 2.24) is 10.3 Å². The van der Waals surface area contributed by atoms with Crippen LogP contribution in [-0.2, 0) is 11.0 Å². The Labute approximate surface area is 189 Å². The highest BCUT2D eigenvalue weighted by molar-refractivity contribution is 6.33. The molecule has 2 aromatic rings. The van der Waals surface area contributed by atoms with Crippen molar-refractivity contribution in [1.29, 1.82) is 0 Å². The molecule has 1 aromatic heterocycles. The molecule has 0 bridgehead atoms. The lowest BCUT2D eigenvalue weighted by atomic mass is 9.95. The molecule has 32 heavy (non-hydrogen) atoms. The molecule has 1 amide bonds. The molecular weight excluding hydrogens is 447 g/mol. The fraction of sp³-hybridized carbons (Fsp3) is 0.455. The lowest BCUT2D eigenvalue weighted by Gasteiger charge is -2.33. The summed E-state index contributed by atoms with van der Waals surface area (Å²) in [4.78, 5) is 18.5. The largest absolute Gasteiger partial charge is 0.493 e. The van der Waals surface area contributed by atoms with E-state index in [-0.39, 0.29) is 22.9 Å². The van der Waals surface area contributed by atoms with Gasteiger partial charge >= 0.3 is 6.18 Å². The second kappa shape index (κ2) is 9.85. The minimum atomic E-state index is -4.50. The quantitative estimate of drug-likeness (QED) is 0.651. The Balaban J connectivity index is 1.59. The number of anilines is 1. The second-order valence-electron chi connectivity index (χ2n) is 7.63. The van der Waals surface area contributed by atoms with Crippen molar-refractivity contribution in [2.24, 2.45) is 5.92 Å². The van der Waals surface area contributed by atoms with Crippen LogP contribution in [0.4, 0.5) is 19.0 Å². The highest BCUT2D eigenvalue weighted by atomic mass is 35.5. The van der Waals surface area contributed by atoms with Gasteiger partial charge in [0, 0.05) is 25.2 Å². The molecule has 1 aliphatic heterocycles. The van der Waals surface area contributed by atoms with Crippen molar-refractivity contribution in [3.05, 3.63) is 46.6 Å². The van der Waals surface area contributed by atoms with E-state index in [2.05, 4.69) is 10.3 Å². The van der Waals surface area contributed by atoms with Gasteiger partial charge in [0.2, 0.25) is 5.91 Å². The Morgan fingerprint density at radius 3 is 2.41 bits per heavy atom. The zero-order chi connectivity index (χ0) is 23.5. The van der Waals surface area contributed by atoms with E-state index < -0.39 is 11.7 Å². The second-order valence-corrected chi connectivity index (χ2v) is 8.04. The molecule has 1 saturated heterocycles. The van der Waals surface area contributed by atoms with Crippen molar-refractivity contribution < 1.29 is 27.4 Å². The monoisotopic (exact) mass is 471 g/mol. The van der Waals surface area contributed by atoms with Crippen LogP contribution in [0.1, 0.15) is 36.9 Å². The molecule has 10 heteroatoms. The Morgan fingerprint density at radius 1 is 1.19 bits per heavy atom. The normalized spacial score (nSPS) is 15.9. The third kappa shape index (κ3) is 5.38. The summed E-state index contributed by atoms with van der Waals surface area (Å²) >= 11 is 6.05. The highest BCUT2D eigenvalue weighted by Crippen LogP contribution is 2.35. The number of piperidine rings is 1. The number of benzene rings is 1. The van der Waals surface area contributed by atoms with E-state index in [9.17, 15) is 18.0 Å². The van der Waals surface area contributed by atoms with E-state index in [1.54, 1.807) is 20.3 Å². The molecule has 0 saturated carbocycles. The summed E-state index contributed by atoms with van der Waals surface area (Å²) in [5, 5.41) is 2.97. The first-order valence-corrected chi connectivity index (χ1v) is 10.5. The minimum Gasteiger partial charge on any atom is -0.493 e. The number of alkyl halides is 3. The van der Waals surface area contributed by atoms with Crippen LogP contribution in [0.25, 0.3) is 0 Å². The van der Waals surface area contributed by atoms with Gasteiger partial charge in [0.15, 0.2) is 11.5 Å². The summed E-state index contributed by atoms with van der Waals surface area (Å²) in [7, 11) is 3.11. The van der Waals surface area contributed by atoms with Gasteiger partial charge in [-0.15, -0.1) is 0 Å². The predicted molar refractivity (Wildman–Crippen MR) is 115 cm³/mol. The number of nitrogens with zero attached hydrogens (tertiary/aromatic N) is 2. The number of aromatic nitrogens is 1. The van der Waals surface area contributed by atoms with Gasteiger partial charge in [-0.1, -0.05) is 17.7 Å². The fourth-order valence-corrected chi connectivity index (χ4v) is 3.99. The molecule has 174 valence electrons. The van der Waals surface area contributed by atoms with Crippen LogP contribution in [0.2, 0.25) is 5.02 Å². The lowest BCUT2D eigenvalue weighted by Crippen LogP contribution is -2.41. The van der Waals surface area contributed by atoms with Crippen molar-refractivity contribution in [2.45, 2.75) is 32.0 Å². The summed E-state index contributed by atoms with van der Waals surface area (Å²) in [5.41, 5.74) is -0.00108. The number of amides is 1. The molecule has 1 aliphatic rings. The van der Waals surface area contributed by atoms with Crippen LogP contribution in [0, 0.1) is 5.92 Å². The maximum absolute atomic E-state index is 12.8. The van der Waals surface area contributed by atoms with Gasteiger partial charge in [0.05, 0.1) is 30.8 Å². The van der Waals surface area contributed by atoms with Gasteiger partial charge < -0.3 is 19.7 Å². The number of nitrogens with one attached hydrogen (secondary N) is 1. The summed E-state index contributed by atoms with van der Waals surface area (Å²) in [6.07, 6.45) is -2.62. The predicted octanol–water partition coefficient (Wildman–Crippen LogP) is 4.86. The van der Waals surface area contributed by atoms with Crippen molar-refractivity contribution in [3.8, 4) is 11.5 Å². The maximum Gasteiger partial charge on any atom is 0.417 e. The average molecular weight is 472 g/mol. The number of ether oxygens (including phenoxy) is 2. The van der Waals surface area contributed by atoms with Crippen molar-refractivity contribution in [3.63, 3.8) is 0 Å². The van der Waals surface area contributed by atoms with Crippen LogP contribution >= 0.6 is 11.6 Å². The first-order chi connectivity index (χ1) is 15.1. The van der Waals surface area contributed by atoms with E-state index in [0.717, 1.165) is 17.8 Å². The molecule has 2 heterocycles. The van der Waals surface area contributed by atoms with Gasteiger partial charge in [-0.2, -0.15) is 13.2 Å². The standard InChI is InChI=1S/C22H25ClF3N3O3/c1-13(15-4-5-18(31-2)19(10-15)32-3)28-21(30)14-6-8-29(9-7-14)20-17(23)11-16(12-27-20)22(24,25)26/h4-5,10-14H,6-9H2,1-3H3,(H,28,30). The fourth-order valence-electron chi connectivity index (χ4n) is 3.71. The number of carbonyl (C=O) groups is 1. The molecular formula is C22H25ClF3N3O3.